The number of rotatable bonds is 12. The van der Waals surface area contributed by atoms with Crippen LogP contribution in [-0.2, 0) is 27.4 Å². The van der Waals surface area contributed by atoms with E-state index in [0.717, 1.165) is 92.5 Å². The molecule has 3 fully saturated rings. The monoisotopic (exact) mass is 858 g/mol. The minimum absolute atomic E-state index is 0.0920. The fourth-order valence-corrected chi connectivity index (χ4v) is 10.6. The lowest BCUT2D eigenvalue weighted by atomic mass is 9.69. The second-order valence-electron chi connectivity index (χ2n) is 17.9. The van der Waals surface area contributed by atoms with Crippen molar-refractivity contribution >= 4 is 29.3 Å². The third-order valence-electron chi connectivity index (χ3n) is 14.0. The van der Waals surface area contributed by atoms with Gasteiger partial charge < -0.3 is 19.1 Å². The molecule has 11 nitrogen and oxygen atoms in total. The minimum atomic E-state index is -0.978. The van der Waals surface area contributed by atoms with Crippen molar-refractivity contribution < 1.29 is 33.4 Å². The zero-order chi connectivity index (χ0) is 43.6. The molecule has 328 valence electrons. The van der Waals surface area contributed by atoms with Crippen LogP contribution in [0, 0.1) is 0 Å². The van der Waals surface area contributed by atoms with Crippen LogP contribution in [0.25, 0.3) is 0 Å². The number of nitrogens with one attached hydrogen (secondary N) is 1. The number of fused-ring (bicyclic) bond motifs is 2. The Bertz CT molecular complexity index is 2520. The largest absolute Gasteiger partial charge is 0.494 e. The van der Waals surface area contributed by atoms with Crippen molar-refractivity contribution in [3.8, 4) is 11.5 Å². The van der Waals surface area contributed by atoms with E-state index < -0.39 is 23.8 Å². The molecule has 3 atom stereocenters. The Hall–Kier alpha value is -6.30. The number of anilines is 1. The van der Waals surface area contributed by atoms with Crippen LogP contribution in [0.3, 0.4) is 0 Å². The number of aryl methyl sites for hydroxylation is 1. The summed E-state index contributed by atoms with van der Waals surface area (Å²) in [7, 11) is 0. The van der Waals surface area contributed by atoms with E-state index in [9.17, 15) is 19.2 Å². The molecule has 64 heavy (non-hydrogen) atoms. The highest BCUT2D eigenvalue weighted by molar-refractivity contribution is 6.23. The molecule has 10 rings (SSSR count). The second kappa shape index (κ2) is 18.1. The van der Waals surface area contributed by atoms with Gasteiger partial charge in [0.1, 0.15) is 24.1 Å². The molecule has 0 aromatic heterocycles. The highest BCUT2D eigenvalue weighted by atomic mass is 16.5. The molecule has 5 aliphatic rings. The summed E-state index contributed by atoms with van der Waals surface area (Å²) in [6.07, 6.45) is 4.90. The summed E-state index contributed by atoms with van der Waals surface area (Å²) in [5.41, 5.74) is 7.78. The summed E-state index contributed by atoms with van der Waals surface area (Å²) in [4.78, 5) is 56.6. The Morgan fingerprint density at radius 1 is 0.703 bits per heavy atom. The van der Waals surface area contributed by atoms with Gasteiger partial charge >= 0.3 is 0 Å². The van der Waals surface area contributed by atoms with Gasteiger partial charge in [-0.1, -0.05) is 78.9 Å². The maximum absolute atomic E-state index is 13.4. The lowest BCUT2D eigenvalue weighted by molar-refractivity contribution is -0.136. The number of hydrogen-bond donors (Lipinski definition) is 1. The van der Waals surface area contributed by atoms with Gasteiger partial charge in [-0.2, -0.15) is 0 Å². The van der Waals surface area contributed by atoms with Crippen LogP contribution in [0.4, 0.5) is 5.69 Å². The van der Waals surface area contributed by atoms with Crippen LogP contribution in [0.2, 0.25) is 0 Å². The molecule has 5 aromatic rings. The first-order valence-corrected chi connectivity index (χ1v) is 22.8. The van der Waals surface area contributed by atoms with E-state index in [4.69, 9.17) is 14.2 Å². The summed E-state index contributed by atoms with van der Waals surface area (Å²) >= 11 is 0. The molecular formula is C53H54N4O7. The Balaban J connectivity index is 0.725. The highest BCUT2D eigenvalue weighted by Gasteiger charge is 2.45. The van der Waals surface area contributed by atoms with E-state index in [1.807, 2.05) is 24.3 Å². The standard InChI is InChI=1S/C53H54N4O7/c58-48-23-22-47(50(59)54-48)57-51(60)45-20-15-40(33-46(45)52(57)61)56-27-24-53(25-28-56)35-55(29-31-64-53)26-7-30-62-41-16-12-38(13-17-41)49-43(37-10-5-2-6-11-37)19-14-39-32-42(18-21-44(39)49)63-34-36-8-3-1-4-9-36/h1-6,8-13,15-18,20-21,32-33,43,47,49H,7,14,19,22-31,34-35H2,(H,54,58,59)/t43-,47?,49?/m1/s1. The number of nitrogens with zero attached hydrogens (tertiary/aromatic N) is 3. The molecule has 5 aromatic carbocycles. The van der Waals surface area contributed by atoms with Crippen molar-refractivity contribution in [1.82, 2.24) is 15.1 Å². The zero-order valence-corrected chi connectivity index (χ0v) is 36.1. The van der Waals surface area contributed by atoms with Gasteiger partial charge in [-0.25, -0.2) is 0 Å². The van der Waals surface area contributed by atoms with E-state index in [1.165, 1.54) is 22.3 Å². The van der Waals surface area contributed by atoms with Crippen molar-refractivity contribution in [2.75, 3.05) is 50.8 Å². The molecule has 4 aliphatic heterocycles. The number of hydrogen-bond acceptors (Lipinski definition) is 9. The van der Waals surface area contributed by atoms with Gasteiger partial charge in [-0.15, -0.1) is 0 Å². The number of amides is 4. The molecule has 11 heteroatoms. The fourth-order valence-electron chi connectivity index (χ4n) is 10.6. The summed E-state index contributed by atoms with van der Waals surface area (Å²) in [6, 6.07) is 41.0. The highest BCUT2D eigenvalue weighted by Crippen LogP contribution is 2.47. The molecule has 3 saturated heterocycles. The molecule has 0 radical (unpaired) electrons. The van der Waals surface area contributed by atoms with Crippen molar-refractivity contribution in [2.45, 2.75) is 75.0 Å². The van der Waals surface area contributed by atoms with Crippen molar-refractivity contribution in [3.05, 3.63) is 160 Å². The first kappa shape index (κ1) is 41.7. The molecule has 1 N–H and O–H groups in total. The zero-order valence-electron chi connectivity index (χ0n) is 36.1. The molecule has 0 bridgehead atoms. The Kier molecular flexibility index (Phi) is 11.8. The van der Waals surface area contributed by atoms with Crippen LogP contribution in [0.5, 0.6) is 11.5 Å². The summed E-state index contributed by atoms with van der Waals surface area (Å²) < 4.78 is 19.1. The van der Waals surface area contributed by atoms with E-state index in [2.05, 4.69) is 100 Å². The van der Waals surface area contributed by atoms with Gasteiger partial charge in [0.25, 0.3) is 11.8 Å². The molecule has 0 saturated carbocycles. The smallest absolute Gasteiger partial charge is 0.262 e. The summed E-state index contributed by atoms with van der Waals surface area (Å²) in [5, 5.41) is 2.26. The minimum Gasteiger partial charge on any atom is -0.494 e. The summed E-state index contributed by atoms with van der Waals surface area (Å²) in [6.45, 7) is 6.05. The number of imide groups is 2. The van der Waals surface area contributed by atoms with Crippen molar-refractivity contribution in [3.63, 3.8) is 0 Å². The van der Waals surface area contributed by atoms with E-state index in [1.54, 1.807) is 12.1 Å². The number of carbonyl (C=O) groups excluding carboxylic acids is 4. The predicted octanol–water partition coefficient (Wildman–Crippen LogP) is 7.67. The average molecular weight is 859 g/mol. The SMILES string of the molecule is O=C1CCC(N2C(=O)c3ccc(N4CCC5(CC4)CN(CCCOc4ccc(C6c7ccc(OCc8ccccc8)cc7CC[C@@H]6c6ccccc6)cc4)CCO5)cc3C2=O)C(=O)N1. The second-order valence-corrected chi connectivity index (χ2v) is 17.9. The predicted molar refractivity (Wildman–Crippen MR) is 243 cm³/mol. The quantitative estimate of drug-likeness (QED) is 0.0997. The third-order valence-corrected chi connectivity index (χ3v) is 14.0. The van der Waals surface area contributed by atoms with E-state index >= 15 is 0 Å². The number of carbonyl (C=O) groups is 4. The van der Waals surface area contributed by atoms with E-state index in [0.29, 0.717) is 36.9 Å². The lowest BCUT2D eigenvalue weighted by Gasteiger charge is -2.48. The molecule has 4 amide bonds. The van der Waals surface area contributed by atoms with Gasteiger partial charge in [0.2, 0.25) is 11.8 Å². The van der Waals surface area contributed by atoms with Crippen LogP contribution < -0.4 is 19.7 Å². The molecular weight excluding hydrogens is 805 g/mol. The molecule has 2 unspecified atom stereocenters. The number of ether oxygens (including phenoxy) is 3. The van der Waals surface area contributed by atoms with Gasteiger partial charge in [-0.3, -0.25) is 34.3 Å². The van der Waals surface area contributed by atoms with Gasteiger partial charge in [0.05, 0.1) is 29.9 Å². The third kappa shape index (κ3) is 8.54. The van der Waals surface area contributed by atoms with Crippen molar-refractivity contribution in [2.24, 2.45) is 0 Å². The summed E-state index contributed by atoms with van der Waals surface area (Å²) in [5.74, 6) is 0.425. The normalized spacial score (nSPS) is 22.0. The first-order valence-electron chi connectivity index (χ1n) is 22.8. The van der Waals surface area contributed by atoms with Gasteiger partial charge in [0.15, 0.2) is 0 Å². The van der Waals surface area contributed by atoms with Gasteiger partial charge in [0, 0.05) is 50.7 Å². The Morgan fingerprint density at radius 3 is 2.23 bits per heavy atom. The maximum atomic E-state index is 13.4. The van der Waals surface area contributed by atoms with Crippen LogP contribution in [-0.4, -0.2) is 91.0 Å². The topological polar surface area (TPSA) is 118 Å². The fraction of sp³-hybridized carbons (Fsp3) is 0.358. The Morgan fingerprint density at radius 2 is 1.45 bits per heavy atom. The molecule has 1 aliphatic carbocycles. The van der Waals surface area contributed by atoms with Gasteiger partial charge in [-0.05, 0) is 115 Å². The molecule has 4 heterocycles. The van der Waals surface area contributed by atoms with E-state index in [-0.39, 0.29) is 30.3 Å². The van der Waals surface area contributed by atoms with Crippen LogP contribution >= 0.6 is 0 Å². The maximum Gasteiger partial charge on any atom is 0.262 e. The lowest BCUT2D eigenvalue weighted by Crippen LogP contribution is -2.57. The molecule has 1 spiro atoms. The van der Waals surface area contributed by atoms with Crippen LogP contribution in [0.15, 0.2) is 121 Å². The Labute approximate surface area is 374 Å². The number of piperidine rings is 2. The number of benzene rings is 5. The van der Waals surface area contributed by atoms with Crippen LogP contribution in [0.1, 0.15) is 98.9 Å². The first-order chi connectivity index (χ1) is 31.3. The average Bonchev–Trinajstić information content (AvgIpc) is 3.58. The number of morpholine rings is 1. The van der Waals surface area contributed by atoms with Crippen molar-refractivity contribution in [1.29, 1.82) is 0 Å².